The molecule has 0 aliphatic heterocycles. The molecular formula is C57H88O5. The molecule has 0 rings (SSSR count). The standard InChI is InChI=1S/C57H88O5/c1-4-7-10-13-16-19-22-25-27-28-29-30-31-33-35-38-41-44-47-50-56(58)61-54-55(53-60-52-49-46-43-40-37-34-26-23-20-17-14-11-8-5-2)62-57(59)51-48-45-42-39-36-32-24-21-18-15-12-9-6-3/h7-8,10-12,15-17,19-21,24-27,29-30,33-35,40-41,43-44,55H,4-6,9,13-14,18,22-23,28,31-32,36-39,42,45-54H2,1-3H3/b10-7-,11-8-,15-12-,19-16-,20-17-,24-21-,27-25-,30-29-,34-26-,35-33-,43-40-,44-41-. The number of esters is 2. The van der Waals surface area contributed by atoms with E-state index in [1.54, 1.807) is 0 Å². The zero-order valence-corrected chi connectivity index (χ0v) is 39.6. The molecule has 1 unspecified atom stereocenters. The van der Waals surface area contributed by atoms with E-state index in [9.17, 15) is 9.59 Å². The molecule has 0 aliphatic carbocycles. The van der Waals surface area contributed by atoms with Gasteiger partial charge in [0.25, 0.3) is 0 Å². The number of carbonyl (C=O) groups excluding carboxylic acids is 2. The van der Waals surface area contributed by atoms with Gasteiger partial charge in [0.15, 0.2) is 6.10 Å². The smallest absolute Gasteiger partial charge is 0.306 e. The molecule has 0 aromatic heterocycles. The highest BCUT2D eigenvalue weighted by molar-refractivity contribution is 5.70. The molecule has 0 amide bonds. The third-order valence-electron chi connectivity index (χ3n) is 9.33. The number of hydrogen-bond donors (Lipinski definition) is 0. The lowest BCUT2D eigenvalue weighted by Gasteiger charge is -2.18. The zero-order chi connectivity index (χ0) is 44.9. The summed E-state index contributed by atoms with van der Waals surface area (Å²) >= 11 is 0. The highest BCUT2D eigenvalue weighted by atomic mass is 16.6. The topological polar surface area (TPSA) is 61.8 Å². The van der Waals surface area contributed by atoms with E-state index in [1.165, 1.54) is 12.8 Å². The second-order valence-corrected chi connectivity index (χ2v) is 15.2. The Balaban J connectivity index is 4.51. The van der Waals surface area contributed by atoms with Crippen LogP contribution in [-0.4, -0.2) is 37.9 Å². The van der Waals surface area contributed by atoms with Crippen molar-refractivity contribution in [2.45, 2.75) is 181 Å². The fourth-order valence-electron chi connectivity index (χ4n) is 5.81. The van der Waals surface area contributed by atoms with Gasteiger partial charge in [-0.25, -0.2) is 0 Å². The molecular weight excluding hydrogens is 765 g/mol. The van der Waals surface area contributed by atoms with Gasteiger partial charge in [-0.2, -0.15) is 0 Å². The predicted octanol–water partition coefficient (Wildman–Crippen LogP) is 16.6. The first-order valence-corrected chi connectivity index (χ1v) is 24.4. The van der Waals surface area contributed by atoms with Crippen molar-refractivity contribution < 1.29 is 23.8 Å². The summed E-state index contributed by atoms with van der Waals surface area (Å²) in [5.74, 6) is -0.556. The van der Waals surface area contributed by atoms with Gasteiger partial charge in [-0.3, -0.25) is 9.59 Å². The van der Waals surface area contributed by atoms with Crippen molar-refractivity contribution in [2.24, 2.45) is 0 Å². The minimum Gasteiger partial charge on any atom is -0.462 e. The van der Waals surface area contributed by atoms with Crippen LogP contribution in [0.3, 0.4) is 0 Å². The Morgan fingerprint density at radius 2 is 0.758 bits per heavy atom. The summed E-state index contributed by atoms with van der Waals surface area (Å²) in [6, 6.07) is 0. The molecule has 0 aromatic rings. The molecule has 0 saturated carbocycles. The van der Waals surface area contributed by atoms with Crippen molar-refractivity contribution in [3.05, 3.63) is 146 Å². The van der Waals surface area contributed by atoms with E-state index in [1.807, 2.05) is 6.08 Å². The number of allylic oxidation sites excluding steroid dienone is 24. The lowest BCUT2D eigenvalue weighted by molar-refractivity contribution is -0.162. The number of rotatable bonds is 42. The Morgan fingerprint density at radius 1 is 0.371 bits per heavy atom. The van der Waals surface area contributed by atoms with Crippen LogP contribution in [0.15, 0.2) is 146 Å². The third kappa shape index (κ3) is 48.4. The first kappa shape index (κ1) is 57.8. The van der Waals surface area contributed by atoms with E-state index < -0.39 is 6.10 Å². The summed E-state index contributed by atoms with van der Waals surface area (Å²) in [6.07, 6.45) is 74.5. The maximum atomic E-state index is 12.8. The van der Waals surface area contributed by atoms with E-state index in [-0.39, 0.29) is 31.6 Å². The molecule has 0 spiro atoms. The fraction of sp³-hybridized carbons (Fsp3) is 0.544. The van der Waals surface area contributed by atoms with Crippen LogP contribution in [0.4, 0.5) is 0 Å². The molecule has 0 bridgehead atoms. The quantitative estimate of drug-likeness (QED) is 0.0348. The highest BCUT2D eigenvalue weighted by Crippen LogP contribution is 2.10. The Hall–Kier alpha value is -4.22. The average Bonchev–Trinajstić information content (AvgIpc) is 3.27. The van der Waals surface area contributed by atoms with Crippen LogP contribution in [0, 0.1) is 0 Å². The Kier molecular flexibility index (Phi) is 47.7. The number of ether oxygens (including phenoxy) is 3. The van der Waals surface area contributed by atoms with E-state index in [4.69, 9.17) is 14.2 Å². The fourth-order valence-corrected chi connectivity index (χ4v) is 5.81. The first-order chi connectivity index (χ1) is 30.6. The van der Waals surface area contributed by atoms with Crippen LogP contribution in [0.2, 0.25) is 0 Å². The van der Waals surface area contributed by atoms with Crippen molar-refractivity contribution in [3.8, 4) is 0 Å². The summed E-state index contributed by atoms with van der Waals surface area (Å²) in [7, 11) is 0. The molecule has 0 aliphatic rings. The van der Waals surface area contributed by atoms with Crippen LogP contribution in [0.1, 0.15) is 175 Å². The monoisotopic (exact) mass is 853 g/mol. The molecule has 0 heterocycles. The van der Waals surface area contributed by atoms with Gasteiger partial charge in [-0.05, 0) is 116 Å². The first-order valence-electron chi connectivity index (χ1n) is 24.4. The zero-order valence-electron chi connectivity index (χ0n) is 39.6. The second-order valence-electron chi connectivity index (χ2n) is 15.2. The maximum absolute atomic E-state index is 12.8. The van der Waals surface area contributed by atoms with Crippen LogP contribution < -0.4 is 0 Å². The second kappa shape index (κ2) is 51.1. The van der Waals surface area contributed by atoms with Crippen LogP contribution >= 0.6 is 0 Å². The van der Waals surface area contributed by atoms with Crippen LogP contribution in [0.5, 0.6) is 0 Å². The summed E-state index contributed by atoms with van der Waals surface area (Å²) in [5.41, 5.74) is 0. The summed E-state index contributed by atoms with van der Waals surface area (Å²) in [5, 5.41) is 0. The van der Waals surface area contributed by atoms with Crippen molar-refractivity contribution in [2.75, 3.05) is 19.8 Å². The van der Waals surface area contributed by atoms with Gasteiger partial charge in [0.1, 0.15) is 6.61 Å². The summed E-state index contributed by atoms with van der Waals surface area (Å²) in [4.78, 5) is 25.3. The van der Waals surface area contributed by atoms with Gasteiger partial charge < -0.3 is 14.2 Å². The Labute approximate surface area is 381 Å². The van der Waals surface area contributed by atoms with Gasteiger partial charge in [0.2, 0.25) is 0 Å². The Bertz CT molecular complexity index is 1380. The van der Waals surface area contributed by atoms with Gasteiger partial charge in [0.05, 0.1) is 6.61 Å². The van der Waals surface area contributed by atoms with E-state index in [2.05, 4.69) is 161 Å². The average molecular weight is 853 g/mol. The third-order valence-corrected chi connectivity index (χ3v) is 9.33. The molecule has 62 heavy (non-hydrogen) atoms. The van der Waals surface area contributed by atoms with Crippen molar-refractivity contribution >= 4 is 11.9 Å². The predicted molar refractivity (Wildman–Crippen MR) is 269 cm³/mol. The van der Waals surface area contributed by atoms with E-state index in [0.29, 0.717) is 19.4 Å². The molecule has 0 radical (unpaired) electrons. The van der Waals surface area contributed by atoms with E-state index >= 15 is 0 Å². The molecule has 1 atom stereocenters. The Morgan fingerprint density at radius 3 is 1.23 bits per heavy atom. The number of carbonyl (C=O) groups is 2. The molecule has 346 valence electrons. The molecule has 0 fully saturated rings. The minimum atomic E-state index is -0.613. The number of unbranched alkanes of at least 4 members (excludes halogenated alkanes) is 7. The van der Waals surface area contributed by atoms with Gasteiger partial charge >= 0.3 is 11.9 Å². The van der Waals surface area contributed by atoms with Gasteiger partial charge in [-0.15, -0.1) is 0 Å². The lowest BCUT2D eigenvalue weighted by Crippen LogP contribution is -2.30. The van der Waals surface area contributed by atoms with Gasteiger partial charge in [0, 0.05) is 19.4 Å². The molecule has 5 nitrogen and oxygen atoms in total. The van der Waals surface area contributed by atoms with Crippen LogP contribution in [0.25, 0.3) is 0 Å². The maximum Gasteiger partial charge on any atom is 0.306 e. The van der Waals surface area contributed by atoms with Crippen molar-refractivity contribution in [1.29, 1.82) is 0 Å². The van der Waals surface area contributed by atoms with E-state index in [0.717, 1.165) is 122 Å². The van der Waals surface area contributed by atoms with Gasteiger partial charge in [-0.1, -0.05) is 192 Å². The largest absolute Gasteiger partial charge is 0.462 e. The molecule has 0 N–H and O–H groups in total. The minimum absolute atomic E-state index is 0.00705. The van der Waals surface area contributed by atoms with Crippen LogP contribution in [-0.2, 0) is 23.8 Å². The summed E-state index contributed by atoms with van der Waals surface area (Å²) < 4.78 is 17.2. The van der Waals surface area contributed by atoms with Crippen molar-refractivity contribution in [1.82, 2.24) is 0 Å². The molecule has 0 saturated heterocycles. The molecule has 5 heteroatoms. The van der Waals surface area contributed by atoms with Crippen molar-refractivity contribution in [3.63, 3.8) is 0 Å². The normalized spacial score (nSPS) is 13.5. The lowest BCUT2D eigenvalue weighted by atomic mass is 10.1. The molecule has 0 aromatic carbocycles. The SMILES string of the molecule is CC/C=C\C/C=C\C/C=C\C/C=C\C/C=C\C/C=C\CCC(=O)OCC(COCCC/C=C\C/C=C\C/C=C\C/C=C\CC)OC(=O)CCCCCCC/C=C\C/C=C\CCC. The number of hydrogen-bond acceptors (Lipinski definition) is 5. The highest BCUT2D eigenvalue weighted by Gasteiger charge is 2.17. The summed E-state index contributed by atoms with van der Waals surface area (Å²) in [6.45, 7) is 7.27.